The van der Waals surface area contributed by atoms with Crippen molar-refractivity contribution in [3.05, 3.63) is 0 Å². The summed E-state index contributed by atoms with van der Waals surface area (Å²) in [6.07, 6.45) is -11.9. The predicted molar refractivity (Wildman–Crippen MR) is 101 cm³/mol. The zero-order valence-corrected chi connectivity index (χ0v) is 17.6. The summed E-state index contributed by atoms with van der Waals surface area (Å²) in [6.45, 7) is 4.76. The Morgan fingerprint density at radius 2 is 1.33 bits per heavy atom. The molecule has 0 bridgehead atoms. The van der Waals surface area contributed by atoms with Crippen LogP contribution in [0.5, 0.6) is 0 Å². The second kappa shape index (κ2) is 12.0. The van der Waals surface area contributed by atoms with E-state index in [1.807, 2.05) is 13.8 Å². The first-order valence-corrected chi connectivity index (χ1v) is 10.5. The Bertz CT molecular complexity index is 491. The third-order valence-corrected chi connectivity index (χ3v) is 5.38. The van der Waals surface area contributed by atoms with E-state index in [9.17, 15) is 30.6 Å². The van der Waals surface area contributed by atoms with E-state index in [1.165, 1.54) is 0 Å². The zero-order chi connectivity index (χ0) is 22.4. The summed E-state index contributed by atoms with van der Waals surface area (Å²) in [5.74, 6) is 0. The Morgan fingerprint density at radius 3 is 1.90 bits per heavy atom. The monoisotopic (exact) mass is 440 g/mol. The van der Waals surface area contributed by atoms with Gasteiger partial charge in [-0.15, -0.1) is 0 Å². The van der Waals surface area contributed by atoms with Crippen molar-refractivity contribution in [3.63, 3.8) is 0 Å². The van der Waals surface area contributed by atoms with Crippen LogP contribution in [0.15, 0.2) is 0 Å². The van der Waals surface area contributed by atoms with Crippen molar-refractivity contribution in [1.29, 1.82) is 0 Å². The molecular weight excluding hydrogens is 404 g/mol. The maximum absolute atomic E-state index is 10.5. The van der Waals surface area contributed by atoms with Crippen molar-refractivity contribution in [3.8, 4) is 0 Å². The highest BCUT2D eigenvalue weighted by Gasteiger charge is 2.51. The molecule has 10 unspecified atom stereocenters. The van der Waals surface area contributed by atoms with Gasteiger partial charge in [0.25, 0.3) is 0 Å². The maximum atomic E-state index is 10.5. The van der Waals surface area contributed by atoms with Crippen molar-refractivity contribution >= 4 is 0 Å². The van der Waals surface area contributed by atoms with Crippen LogP contribution in [0.3, 0.4) is 0 Å². The van der Waals surface area contributed by atoms with Gasteiger partial charge in [0.1, 0.15) is 48.8 Å². The van der Waals surface area contributed by atoms with Crippen LogP contribution >= 0.6 is 0 Å². The van der Waals surface area contributed by atoms with E-state index >= 15 is 0 Å². The lowest BCUT2D eigenvalue weighted by atomic mass is 9.96. The lowest BCUT2D eigenvalue weighted by Gasteiger charge is -2.47. The molecule has 0 aromatic rings. The highest BCUT2D eigenvalue weighted by atomic mass is 16.7. The quantitative estimate of drug-likeness (QED) is 0.219. The first kappa shape index (κ1) is 25.8. The van der Waals surface area contributed by atoms with Gasteiger partial charge in [-0.2, -0.15) is 0 Å². The average molecular weight is 440 g/mol. The Labute approximate surface area is 176 Å². The Hall–Kier alpha value is -0.440. The smallest absolute Gasteiger partial charge is 0.187 e. The minimum Gasteiger partial charge on any atom is -0.394 e. The first-order chi connectivity index (χ1) is 14.3. The Morgan fingerprint density at radius 1 is 0.800 bits per heavy atom. The molecule has 0 spiro atoms. The lowest BCUT2D eigenvalue weighted by Crippen LogP contribution is -2.65. The van der Waals surface area contributed by atoms with E-state index in [4.69, 9.17) is 23.7 Å². The van der Waals surface area contributed by atoms with E-state index in [0.29, 0.717) is 12.8 Å². The average Bonchev–Trinajstić information content (AvgIpc) is 2.75. The molecule has 30 heavy (non-hydrogen) atoms. The first-order valence-electron chi connectivity index (χ1n) is 10.5. The summed E-state index contributed by atoms with van der Waals surface area (Å²) >= 11 is 0. The molecule has 11 heteroatoms. The molecule has 0 amide bonds. The number of hydrogen-bond donors (Lipinski definition) is 6. The van der Waals surface area contributed by atoms with Gasteiger partial charge in [-0.1, -0.05) is 13.8 Å². The summed E-state index contributed by atoms with van der Waals surface area (Å²) in [6, 6.07) is 0. The molecule has 11 atom stereocenters. The van der Waals surface area contributed by atoms with E-state index in [0.717, 1.165) is 0 Å². The predicted octanol–water partition coefficient (Wildman–Crippen LogP) is -2.14. The van der Waals surface area contributed by atoms with E-state index < -0.39 is 74.6 Å². The fraction of sp³-hybridized carbons (Fsp3) is 1.00. The standard InChI is InChI=1S/C19H36O11/c1-4-6-26-18-14(24)12(22)17(11(8-21)28-18)30-19-15(25)13(23)16(10(7-20)29-19)27-9(3)5-2/h9-25H,4-8H2,1-3H3/t9-,10?,11?,12?,13?,14?,15?,16?,17?,18?,19?/m1/s1. The fourth-order valence-corrected chi connectivity index (χ4v) is 3.44. The topological polar surface area (TPSA) is 168 Å². The molecule has 2 rings (SSSR count). The number of aliphatic hydroxyl groups is 6. The van der Waals surface area contributed by atoms with Crippen molar-refractivity contribution < 1.29 is 54.3 Å². The van der Waals surface area contributed by atoms with Crippen LogP contribution in [-0.4, -0.2) is 118 Å². The third-order valence-electron chi connectivity index (χ3n) is 5.38. The SMILES string of the molecule is CCCOC1OC(CO)C(OC2OC(CO)C(O[C@H](C)CC)C(O)C2O)C(O)C1O. The van der Waals surface area contributed by atoms with Gasteiger partial charge >= 0.3 is 0 Å². The summed E-state index contributed by atoms with van der Waals surface area (Å²) in [7, 11) is 0. The van der Waals surface area contributed by atoms with Crippen LogP contribution in [0, 0.1) is 0 Å². The normalized spacial score (nSPS) is 43.5. The minimum atomic E-state index is -1.57. The molecular formula is C19H36O11. The van der Waals surface area contributed by atoms with Crippen LogP contribution in [0.4, 0.5) is 0 Å². The van der Waals surface area contributed by atoms with Gasteiger partial charge in [-0.25, -0.2) is 0 Å². The molecule has 6 N–H and O–H groups in total. The van der Waals surface area contributed by atoms with Gasteiger partial charge in [0.15, 0.2) is 12.6 Å². The van der Waals surface area contributed by atoms with Crippen LogP contribution in [0.2, 0.25) is 0 Å². The molecule has 2 saturated heterocycles. The van der Waals surface area contributed by atoms with Crippen molar-refractivity contribution in [2.45, 2.75) is 101 Å². The van der Waals surface area contributed by atoms with Gasteiger partial charge < -0.3 is 54.3 Å². The molecule has 0 aromatic heterocycles. The largest absolute Gasteiger partial charge is 0.394 e. The Kier molecular flexibility index (Phi) is 10.3. The molecule has 0 aromatic carbocycles. The summed E-state index contributed by atoms with van der Waals surface area (Å²) < 4.78 is 27.7. The van der Waals surface area contributed by atoms with Gasteiger partial charge in [-0.05, 0) is 19.8 Å². The maximum Gasteiger partial charge on any atom is 0.187 e. The fourth-order valence-electron chi connectivity index (χ4n) is 3.44. The second-order valence-corrected chi connectivity index (χ2v) is 7.70. The van der Waals surface area contributed by atoms with Gasteiger partial charge in [0.05, 0.1) is 19.3 Å². The van der Waals surface area contributed by atoms with Crippen molar-refractivity contribution in [2.24, 2.45) is 0 Å². The summed E-state index contributed by atoms with van der Waals surface area (Å²) in [4.78, 5) is 0. The lowest BCUT2D eigenvalue weighted by molar-refractivity contribution is -0.362. The number of ether oxygens (including phenoxy) is 5. The molecule has 178 valence electrons. The molecule has 0 radical (unpaired) electrons. The summed E-state index contributed by atoms with van der Waals surface area (Å²) in [5.41, 5.74) is 0. The van der Waals surface area contributed by atoms with E-state index in [-0.39, 0.29) is 12.7 Å². The second-order valence-electron chi connectivity index (χ2n) is 7.70. The molecule has 0 saturated carbocycles. The van der Waals surface area contributed by atoms with Gasteiger partial charge in [0.2, 0.25) is 0 Å². The molecule has 11 nitrogen and oxygen atoms in total. The van der Waals surface area contributed by atoms with Gasteiger partial charge in [0, 0.05) is 6.61 Å². The molecule has 2 aliphatic heterocycles. The number of hydrogen-bond acceptors (Lipinski definition) is 11. The third kappa shape index (κ3) is 5.87. The molecule has 2 fully saturated rings. The van der Waals surface area contributed by atoms with Crippen LogP contribution in [-0.2, 0) is 23.7 Å². The van der Waals surface area contributed by atoms with Crippen molar-refractivity contribution in [2.75, 3.05) is 19.8 Å². The molecule has 2 heterocycles. The highest BCUT2D eigenvalue weighted by Crippen LogP contribution is 2.30. The van der Waals surface area contributed by atoms with Crippen LogP contribution in [0.25, 0.3) is 0 Å². The van der Waals surface area contributed by atoms with Gasteiger partial charge in [-0.3, -0.25) is 0 Å². The number of rotatable bonds is 10. The van der Waals surface area contributed by atoms with Crippen LogP contribution < -0.4 is 0 Å². The number of aliphatic hydroxyl groups excluding tert-OH is 6. The summed E-state index contributed by atoms with van der Waals surface area (Å²) in [5, 5.41) is 61.1. The molecule has 2 aliphatic rings. The minimum absolute atomic E-state index is 0.241. The Balaban J connectivity index is 2.10. The molecule has 0 aliphatic carbocycles. The van der Waals surface area contributed by atoms with Crippen LogP contribution in [0.1, 0.15) is 33.6 Å². The van der Waals surface area contributed by atoms with Crippen molar-refractivity contribution in [1.82, 2.24) is 0 Å². The van der Waals surface area contributed by atoms with E-state index in [1.54, 1.807) is 6.92 Å². The zero-order valence-electron chi connectivity index (χ0n) is 17.6. The van der Waals surface area contributed by atoms with E-state index in [2.05, 4.69) is 0 Å². The highest BCUT2D eigenvalue weighted by molar-refractivity contribution is 4.94.